The average Bonchev–Trinajstić information content (AvgIpc) is 2.71. The molecule has 14 heavy (non-hydrogen) atoms. The van der Waals surface area contributed by atoms with Crippen molar-refractivity contribution in [2.45, 2.75) is 6.92 Å². The van der Waals surface area contributed by atoms with Crippen molar-refractivity contribution in [1.29, 1.82) is 0 Å². The van der Waals surface area contributed by atoms with Gasteiger partial charge in [0.15, 0.2) is 4.96 Å². The molecule has 5 heteroatoms. The molecule has 3 heterocycles. The largest absolute Gasteiger partial charge is 0.276 e. The van der Waals surface area contributed by atoms with Crippen molar-refractivity contribution < 1.29 is 0 Å². The number of thiophene rings is 1. The van der Waals surface area contributed by atoms with Gasteiger partial charge in [-0.2, -0.15) is 0 Å². The van der Waals surface area contributed by atoms with Crippen LogP contribution in [-0.4, -0.2) is 9.38 Å². The summed E-state index contributed by atoms with van der Waals surface area (Å²) in [4.78, 5) is 18.2. The zero-order valence-electron chi connectivity index (χ0n) is 7.35. The molecule has 0 radical (unpaired) electrons. The quantitative estimate of drug-likeness (QED) is 0.585. The van der Waals surface area contributed by atoms with Crippen LogP contribution in [0.1, 0.15) is 4.88 Å². The molecular weight excluding hydrogens is 216 g/mol. The molecule has 3 nitrogen and oxygen atoms in total. The van der Waals surface area contributed by atoms with Gasteiger partial charge in [0.05, 0.1) is 5.52 Å². The Morgan fingerprint density at radius 3 is 3.21 bits per heavy atom. The van der Waals surface area contributed by atoms with Crippen LogP contribution in [0.2, 0.25) is 0 Å². The van der Waals surface area contributed by atoms with E-state index in [-0.39, 0.29) is 5.56 Å². The first-order valence-electron chi connectivity index (χ1n) is 4.12. The summed E-state index contributed by atoms with van der Waals surface area (Å²) in [5.41, 5.74) is 0.853. The fourth-order valence-corrected chi connectivity index (χ4v) is 3.03. The van der Waals surface area contributed by atoms with E-state index >= 15 is 0 Å². The summed E-state index contributed by atoms with van der Waals surface area (Å²) in [7, 11) is 0. The number of hydrogen-bond acceptors (Lipinski definition) is 4. The van der Waals surface area contributed by atoms with Crippen molar-refractivity contribution >= 4 is 37.9 Å². The summed E-state index contributed by atoms with van der Waals surface area (Å²) in [5.74, 6) is 0. The molecule has 0 aliphatic carbocycles. The SMILES string of the molecule is Cc1cn2c(=O)c3sccc3nc2s1. The highest BCUT2D eigenvalue weighted by Gasteiger charge is 2.07. The van der Waals surface area contributed by atoms with Gasteiger partial charge in [-0.05, 0) is 18.4 Å². The third-order valence-electron chi connectivity index (χ3n) is 2.04. The zero-order valence-corrected chi connectivity index (χ0v) is 8.98. The summed E-state index contributed by atoms with van der Waals surface area (Å²) in [5, 5.41) is 1.90. The summed E-state index contributed by atoms with van der Waals surface area (Å²) in [6.07, 6.45) is 1.84. The van der Waals surface area contributed by atoms with Gasteiger partial charge in [-0.1, -0.05) is 0 Å². The molecule has 0 aliphatic rings. The highest BCUT2D eigenvalue weighted by atomic mass is 32.1. The van der Waals surface area contributed by atoms with Gasteiger partial charge in [0, 0.05) is 11.1 Å². The maximum atomic E-state index is 11.9. The second-order valence-electron chi connectivity index (χ2n) is 3.05. The Hall–Kier alpha value is -1.20. The maximum Gasteiger partial charge on any atom is 0.276 e. The molecule has 3 rings (SSSR count). The molecule has 0 saturated carbocycles. The van der Waals surface area contributed by atoms with Crippen molar-refractivity contribution in [2.24, 2.45) is 0 Å². The first kappa shape index (κ1) is 8.14. The Bertz CT molecular complexity index is 677. The molecule has 0 aliphatic heterocycles. The molecular formula is C9H6N2OS2. The average molecular weight is 222 g/mol. The lowest BCUT2D eigenvalue weighted by Gasteiger charge is -1.91. The van der Waals surface area contributed by atoms with Crippen LogP contribution in [0.3, 0.4) is 0 Å². The van der Waals surface area contributed by atoms with Crippen LogP contribution < -0.4 is 5.56 Å². The minimum atomic E-state index is 0.0457. The molecule has 0 unspecified atom stereocenters. The first-order chi connectivity index (χ1) is 6.75. The van der Waals surface area contributed by atoms with Gasteiger partial charge in [-0.3, -0.25) is 9.20 Å². The van der Waals surface area contributed by atoms with Gasteiger partial charge in [-0.25, -0.2) is 4.98 Å². The second-order valence-corrected chi connectivity index (χ2v) is 5.18. The van der Waals surface area contributed by atoms with Crippen molar-refractivity contribution in [3.05, 3.63) is 32.9 Å². The first-order valence-corrected chi connectivity index (χ1v) is 5.81. The molecule has 3 aromatic heterocycles. The third kappa shape index (κ3) is 0.964. The monoisotopic (exact) mass is 222 g/mol. The van der Waals surface area contributed by atoms with E-state index in [0.29, 0.717) is 0 Å². The molecule has 0 atom stereocenters. The van der Waals surface area contributed by atoms with E-state index in [0.717, 1.165) is 20.1 Å². The highest BCUT2D eigenvalue weighted by molar-refractivity contribution is 7.18. The molecule has 3 aromatic rings. The lowest BCUT2D eigenvalue weighted by molar-refractivity contribution is 1.11. The number of thiazole rings is 1. The molecule has 0 amide bonds. The number of hydrogen-bond donors (Lipinski definition) is 0. The van der Waals surface area contributed by atoms with E-state index < -0.39 is 0 Å². The number of aromatic nitrogens is 2. The Labute approximate surface area is 87.3 Å². The summed E-state index contributed by atoms with van der Waals surface area (Å²) >= 11 is 2.99. The van der Waals surface area contributed by atoms with E-state index in [1.54, 1.807) is 15.7 Å². The molecule has 0 N–H and O–H groups in total. The Balaban J connectivity index is 2.68. The van der Waals surface area contributed by atoms with Crippen LogP contribution in [-0.2, 0) is 0 Å². The van der Waals surface area contributed by atoms with Gasteiger partial charge in [0.1, 0.15) is 4.70 Å². The second kappa shape index (κ2) is 2.65. The molecule has 70 valence electrons. The van der Waals surface area contributed by atoms with E-state index in [9.17, 15) is 4.79 Å². The molecule has 0 fully saturated rings. The maximum absolute atomic E-state index is 11.9. The predicted molar refractivity (Wildman–Crippen MR) is 59.5 cm³/mol. The minimum absolute atomic E-state index is 0.0457. The van der Waals surface area contributed by atoms with E-state index in [2.05, 4.69) is 4.98 Å². The molecule has 0 saturated heterocycles. The van der Waals surface area contributed by atoms with Gasteiger partial charge >= 0.3 is 0 Å². The topological polar surface area (TPSA) is 34.4 Å². The normalized spacial score (nSPS) is 11.5. The Morgan fingerprint density at radius 1 is 1.50 bits per heavy atom. The van der Waals surface area contributed by atoms with E-state index in [4.69, 9.17) is 0 Å². The van der Waals surface area contributed by atoms with Gasteiger partial charge in [-0.15, -0.1) is 22.7 Å². The Kier molecular flexibility index (Phi) is 1.54. The van der Waals surface area contributed by atoms with Gasteiger partial charge < -0.3 is 0 Å². The van der Waals surface area contributed by atoms with Crippen molar-refractivity contribution in [3.63, 3.8) is 0 Å². The van der Waals surface area contributed by atoms with Gasteiger partial charge in [0.2, 0.25) is 0 Å². The van der Waals surface area contributed by atoms with Crippen molar-refractivity contribution in [3.8, 4) is 0 Å². The van der Waals surface area contributed by atoms with E-state index in [1.165, 1.54) is 11.3 Å². The lowest BCUT2D eigenvalue weighted by Crippen LogP contribution is -2.10. The van der Waals surface area contributed by atoms with Crippen LogP contribution in [0, 0.1) is 6.92 Å². The van der Waals surface area contributed by atoms with Crippen LogP contribution in [0.25, 0.3) is 15.2 Å². The summed E-state index contributed by atoms with van der Waals surface area (Å²) < 4.78 is 2.36. The fraction of sp³-hybridized carbons (Fsp3) is 0.111. The standard InChI is InChI=1S/C9H6N2OS2/c1-5-4-11-8(12)7-6(2-3-13-7)10-9(11)14-5/h2-4H,1H3. The summed E-state index contributed by atoms with van der Waals surface area (Å²) in [6.45, 7) is 1.98. The van der Waals surface area contributed by atoms with Crippen molar-refractivity contribution in [2.75, 3.05) is 0 Å². The fourth-order valence-electron chi connectivity index (χ4n) is 1.44. The molecule has 0 spiro atoms. The predicted octanol–water partition coefficient (Wildman–Crippen LogP) is 2.28. The van der Waals surface area contributed by atoms with Gasteiger partial charge in [0.25, 0.3) is 5.56 Å². The summed E-state index contributed by atoms with van der Waals surface area (Å²) in [6, 6.07) is 1.89. The number of aryl methyl sites for hydroxylation is 1. The lowest BCUT2D eigenvalue weighted by atomic mass is 10.5. The van der Waals surface area contributed by atoms with Crippen molar-refractivity contribution in [1.82, 2.24) is 9.38 Å². The molecule has 0 bridgehead atoms. The smallest absolute Gasteiger partial charge is 0.267 e. The molecule has 0 aromatic carbocycles. The number of nitrogens with zero attached hydrogens (tertiary/aromatic N) is 2. The number of rotatable bonds is 0. The van der Waals surface area contributed by atoms with Crippen LogP contribution in [0.4, 0.5) is 0 Å². The van der Waals surface area contributed by atoms with Crippen LogP contribution >= 0.6 is 22.7 Å². The Morgan fingerprint density at radius 2 is 2.36 bits per heavy atom. The van der Waals surface area contributed by atoms with Crippen LogP contribution in [0.5, 0.6) is 0 Å². The van der Waals surface area contributed by atoms with E-state index in [1.807, 2.05) is 24.6 Å². The van der Waals surface area contributed by atoms with Crippen LogP contribution in [0.15, 0.2) is 22.4 Å². The minimum Gasteiger partial charge on any atom is -0.267 e. The third-order valence-corrected chi connectivity index (χ3v) is 3.83. The zero-order chi connectivity index (χ0) is 9.71. The number of fused-ring (bicyclic) bond motifs is 2. The highest BCUT2D eigenvalue weighted by Crippen LogP contribution is 2.19.